The molecule has 4 heteroatoms. The largest absolute Gasteiger partial charge is 0.371 e. The first-order valence-electron chi connectivity index (χ1n) is 7.67. The van der Waals surface area contributed by atoms with E-state index in [1.165, 1.54) is 11.1 Å². The molecule has 4 nitrogen and oxygen atoms in total. The first-order chi connectivity index (χ1) is 10.0. The Morgan fingerprint density at radius 2 is 2.00 bits per heavy atom. The minimum Gasteiger partial charge on any atom is -0.371 e. The van der Waals surface area contributed by atoms with Gasteiger partial charge in [-0.1, -0.05) is 29.8 Å². The molecule has 2 heterocycles. The van der Waals surface area contributed by atoms with Crippen molar-refractivity contribution in [1.29, 1.82) is 0 Å². The Labute approximate surface area is 126 Å². The second kappa shape index (κ2) is 5.78. The first-order valence-corrected chi connectivity index (χ1v) is 7.67. The van der Waals surface area contributed by atoms with Crippen LogP contribution < -0.4 is 0 Å². The summed E-state index contributed by atoms with van der Waals surface area (Å²) >= 11 is 0. The van der Waals surface area contributed by atoms with E-state index in [0.717, 1.165) is 26.1 Å². The molecule has 2 aliphatic rings. The Morgan fingerprint density at radius 3 is 2.67 bits per heavy atom. The van der Waals surface area contributed by atoms with Gasteiger partial charge in [0.2, 0.25) is 5.91 Å². The number of rotatable bonds is 3. The molecule has 0 aliphatic carbocycles. The summed E-state index contributed by atoms with van der Waals surface area (Å²) in [6.07, 6.45) is 1.14. The summed E-state index contributed by atoms with van der Waals surface area (Å²) in [4.78, 5) is 16.3. The van der Waals surface area contributed by atoms with Crippen molar-refractivity contribution < 1.29 is 9.53 Å². The molecule has 1 amide bonds. The first kappa shape index (κ1) is 14.5. The zero-order valence-electron chi connectivity index (χ0n) is 13.1. The molecular formula is C17H24N2O2. The molecule has 0 spiro atoms. The Bertz CT molecular complexity index is 512. The van der Waals surface area contributed by atoms with Crippen LogP contribution in [-0.2, 0) is 16.1 Å². The lowest BCUT2D eigenvalue weighted by molar-refractivity contribution is -0.136. The van der Waals surface area contributed by atoms with Crippen molar-refractivity contribution in [3.05, 3.63) is 35.4 Å². The van der Waals surface area contributed by atoms with Gasteiger partial charge in [-0.05, 0) is 18.9 Å². The molecule has 0 N–H and O–H groups in total. The van der Waals surface area contributed by atoms with Gasteiger partial charge in [0.15, 0.2) is 0 Å². The number of carbonyl (C=O) groups is 1. The van der Waals surface area contributed by atoms with Crippen molar-refractivity contribution in [2.24, 2.45) is 5.92 Å². The van der Waals surface area contributed by atoms with Crippen molar-refractivity contribution in [3.8, 4) is 0 Å². The second-order valence-electron chi connectivity index (χ2n) is 6.55. The van der Waals surface area contributed by atoms with E-state index in [4.69, 9.17) is 4.74 Å². The van der Waals surface area contributed by atoms with Crippen LogP contribution in [0.3, 0.4) is 0 Å². The molecule has 114 valence electrons. The molecule has 0 radical (unpaired) electrons. The summed E-state index contributed by atoms with van der Waals surface area (Å²) in [5, 5.41) is 0. The van der Waals surface area contributed by atoms with E-state index in [0.29, 0.717) is 0 Å². The van der Waals surface area contributed by atoms with Gasteiger partial charge < -0.3 is 9.64 Å². The summed E-state index contributed by atoms with van der Waals surface area (Å²) in [5.74, 6) is 0.243. The fraction of sp³-hybridized carbons (Fsp3) is 0.588. The second-order valence-corrected chi connectivity index (χ2v) is 6.55. The topological polar surface area (TPSA) is 32.8 Å². The third kappa shape index (κ3) is 3.11. The Morgan fingerprint density at radius 1 is 1.29 bits per heavy atom. The van der Waals surface area contributed by atoms with Crippen LogP contribution in [0.4, 0.5) is 0 Å². The standard InChI is InChI=1S/C17H24N2O2/c1-12-4-6-13(7-5-12)9-19-10-14-8-15(16(11-19)21-14)17(20)18(2)3/h4-7,14-16H,8-11H2,1-3H3/t14-,15-,16-/m1/s1. The third-order valence-electron chi connectivity index (χ3n) is 4.52. The number of aryl methyl sites for hydroxylation is 1. The summed E-state index contributed by atoms with van der Waals surface area (Å²) in [7, 11) is 3.66. The normalized spacial score (nSPS) is 28.6. The van der Waals surface area contributed by atoms with Crippen molar-refractivity contribution in [2.75, 3.05) is 27.2 Å². The van der Waals surface area contributed by atoms with Gasteiger partial charge in [0.05, 0.1) is 18.1 Å². The molecule has 1 aromatic rings. The number of morpholine rings is 1. The van der Waals surface area contributed by atoms with Crippen LogP contribution in [0.2, 0.25) is 0 Å². The molecule has 0 unspecified atom stereocenters. The maximum Gasteiger partial charge on any atom is 0.227 e. The fourth-order valence-electron chi connectivity index (χ4n) is 3.41. The van der Waals surface area contributed by atoms with Crippen molar-refractivity contribution in [1.82, 2.24) is 9.80 Å². The Balaban J connectivity index is 1.64. The molecule has 2 fully saturated rings. The molecule has 2 bridgehead atoms. The van der Waals surface area contributed by atoms with E-state index in [1.54, 1.807) is 4.90 Å². The number of carbonyl (C=O) groups excluding carboxylic acids is 1. The third-order valence-corrected chi connectivity index (χ3v) is 4.52. The molecule has 2 saturated heterocycles. The smallest absolute Gasteiger partial charge is 0.227 e. The highest BCUT2D eigenvalue weighted by molar-refractivity contribution is 5.79. The van der Waals surface area contributed by atoms with Crippen molar-refractivity contribution in [3.63, 3.8) is 0 Å². The quantitative estimate of drug-likeness (QED) is 0.848. The van der Waals surface area contributed by atoms with Crippen LogP contribution in [0.5, 0.6) is 0 Å². The van der Waals surface area contributed by atoms with Gasteiger partial charge in [-0.3, -0.25) is 9.69 Å². The van der Waals surface area contributed by atoms with Crippen LogP contribution in [0.25, 0.3) is 0 Å². The molecule has 2 aliphatic heterocycles. The average Bonchev–Trinajstić information content (AvgIpc) is 2.75. The Hall–Kier alpha value is -1.39. The summed E-state index contributed by atoms with van der Waals surface area (Å²) < 4.78 is 5.98. The van der Waals surface area contributed by atoms with E-state index < -0.39 is 0 Å². The van der Waals surface area contributed by atoms with E-state index in [-0.39, 0.29) is 24.0 Å². The molecule has 1 aromatic carbocycles. The van der Waals surface area contributed by atoms with Crippen LogP contribution in [0.1, 0.15) is 17.5 Å². The van der Waals surface area contributed by atoms with Gasteiger partial charge in [-0.15, -0.1) is 0 Å². The fourth-order valence-corrected chi connectivity index (χ4v) is 3.41. The SMILES string of the molecule is Cc1ccc(CN2C[C@H]3C[C@@H](C(=O)N(C)C)[C@@H](C2)O3)cc1. The molecule has 3 rings (SSSR count). The molecule has 3 atom stereocenters. The number of amides is 1. The van der Waals surface area contributed by atoms with Gasteiger partial charge in [-0.25, -0.2) is 0 Å². The maximum atomic E-state index is 12.2. The highest BCUT2D eigenvalue weighted by Crippen LogP contribution is 2.33. The van der Waals surface area contributed by atoms with Crippen LogP contribution in [0.15, 0.2) is 24.3 Å². The minimum atomic E-state index is 0.0352. The summed E-state index contributed by atoms with van der Waals surface area (Å²) in [6.45, 7) is 4.84. The number of hydrogen-bond acceptors (Lipinski definition) is 3. The molecular weight excluding hydrogens is 264 g/mol. The van der Waals surface area contributed by atoms with Gasteiger partial charge in [0, 0.05) is 33.7 Å². The van der Waals surface area contributed by atoms with Crippen molar-refractivity contribution in [2.45, 2.75) is 32.1 Å². The van der Waals surface area contributed by atoms with E-state index in [1.807, 2.05) is 14.1 Å². The zero-order chi connectivity index (χ0) is 15.0. The number of likely N-dealkylation sites (tertiary alicyclic amines) is 1. The summed E-state index contributed by atoms with van der Waals surface area (Å²) in [5.41, 5.74) is 2.62. The Kier molecular flexibility index (Phi) is 4.00. The lowest BCUT2D eigenvalue weighted by Gasteiger charge is -2.33. The highest BCUT2D eigenvalue weighted by Gasteiger charge is 2.44. The number of ether oxygens (including phenoxy) is 1. The number of nitrogens with zero attached hydrogens (tertiary/aromatic N) is 2. The van der Waals surface area contributed by atoms with Crippen LogP contribution in [-0.4, -0.2) is 55.1 Å². The van der Waals surface area contributed by atoms with Crippen LogP contribution >= 0.6 is 0 Å². The average molecular weight is 288 g/mol. The number of fused-ring (bicyclic) bond motifs is 2. The van der Waals surface area contributed by atoms with Gasteiger partial charge in [0.25, 0.3) is 0 Å². The lowest BCUT2D eigenvalue weighted by atomic mass is 9.99. The van der Waals surface area contributed by atoms with Crippen molar-refractivity contribution >= 4 is 5.91 Å². The minimum absolute atomic E-state index is 0.0352. The van der Waals surface area contributed by atoms with Crippen LogP contribution in [0, 0.1) is 12.8 Å². The molecule has 0 saturated carbocycles. The van der Waals surface area contributed by atoms with E-state index >= 15 is 0 Å². The van der Waals surface area contributed by atoms with E-state index in [2.05, 4.69) is 36.1 Å². The van der Waals surface area contributed by atoms with Gasteiger partial charge in [0.1, 0.15) is 0 Å². The van der Waals surface area contributed by atoms with Gasteiger partial charge >= 0.3 is 0 Å². The lowest BCUT2D eigenvalue weighted by Crippen LogP contribution is -2.44. The van der Waals surface area contributed by atoms with E-state index in [9.17, 15) is 4.79 Å². The highest BCUT2D eigenvalue weighted by atomic mass is 16.5. The summed E-state index contributed by atoms with van der Waals surface area (Å²) in [6, 6.07) is 8.69. The predicted octanol–water partition coefficient (Wildman–Crippen LogP) is 1.67. The number of benzene rings is 1. The number of hydrogen-bond donors (Lipinski definition) is 0. The maximum absolute atomic E-state index is 12.2. The molecule has 21 heavy (non-hydrogen) atoms. The van der Waals surface area contributed by atoms with Gasteiger partial charge in [-0.2, -0.15) is 0 Å². The predicted molar refractivity (Wildman–Crippen MR) is 81.9 cm³/mol. The molecule has 0 aromatic heterocycles. The monoisotopic (exact) mass is 288 g/mol. The zero-order valence-corrected chi connectivity index (χ0v) is 13.1.